The predicted molar refractivity (Wildman–Crippen MR) is 109 cm³/mol. The van der Waals surface area contributed by atoms with Crippen molar-refractivity contribution in [1.82, 2.24) is 10.9 Å². The summed E-state index contributed by atoms with van der Waals surface area (Å²) in [7, 11) is 0. The van der Waals surface area contributed by atoms with E-state index >= 15 is 0 Å². The molecule has 0 atom stereocenters. The first kappa shape index (κ1) is 19.2. The van der Waals surface area contributed by atoms with E-state index in [9.17, 15) is 9.59 Å². The van der Waals surface area contributed by atoms with E-state index in [0.29, 0.717) is 33.7 Å². The minimum atomic E-state index is -0.452. The number of halogens is 1. The van der Waals surface area contributed by atoms with E-state index < -0.39 is 11.8 Å². The third-order valence-corrected chi connectivity index (χ3v) is 5.40. The lowest BCUT2D eigenvalue weighted by atomic mass is 10.2. The Hall–Kier alpha value is -2.57. The van der Waals surface area contributed by atoms with Crippen LogP contribution in [-0.4, -0.2) is 18.4 Å². The molecule has 0 unspecified atom stereocenters. The standard InChI is InChI=1S/C20H19ClN2O3S/c1-12(2)11-26-14-9-7-13(8-10-14)19(24)22-23-20(25)18-17(21)15-5-3-4-6-16(15)27-18/h3-10,12H,11H2,1-2H3,(H,22,24)(H,23,25). The summed E-state index contributed by atoms with van der Waals surface area (Å²) in [5.74, 6) is 0.243. The summed E-state index contributed by atoms with van der Waals surface area (Å²) < 4.78 is 6.50. The monoisotopic (exact) mass is 402 g/mol. The third kappa shape index (κ3) is 4.59. The van der Waals surface area contributed by atoms with Crippen LogP contribution in [0.1, 0.15) is 33.9 Å². The van der Waals surface area contributed by atoms with Crippen molar-refractivity contribution >= 4 is 44.8 Å². The van der Waals surface area contributed by atoms with Crippen molar-refractivity contribution in [3.63, 3.8) is 0 Å². The fourth-order valence-electron chi connectivity index (χ4n) is 2.37. The molecule has 0 aliphatic rings. The molecular weight excluding hydrogens is 384 g/mol. The van der Waals surface area contributed by atoms with Gasteiger partial charge in [0.15, 0.2) is 0 Å². The lowest BCUT2D eigenvalue weighted by molar-refractivity contribution is 0.0849. The second kappa shape index (κ2) is 8.41. The van der Waals surface area contributed by atoms with Crippen LogP contribution < -0.4 is 15.6 Å². The quantitative estimate of drug-likeness (QED) is 0.609. The highest BCUT2D eigenvalue weighted by Gasteiger charge is 2.17. The van der Waals surface area contributed by atoms with Crippen LogP contribution >= 0.6 is 22.9 Å². The molecule has 0 saturated carbocycles. The first-order valence-corrected chi connectivity index (χ1v) is 9.65. The second-order valence-electron chi connectivity index (χ2n) is 6.38. The SMILES string of the molecule is CC(C)COc1ccc(C(=O)NNC(=O)c2sc3ccccc3c2Cl)cc1. The molecule has 2 aromatic carbocycles. The van der Waals surface area contributed by atoms with Crippen LogP contribution in [0.15, 0.2) is 48.5 Å². The van der Waals surface area contributed by atoms with Crippen LogP contribution in [0.3, 0.4) is 0 Å². The molecule has 1 aromatic heterocycles. The fourth-order valence-corrected chi connectivity index (χ4v) is 3.78. The zero-order valence-corrected chi connectivity index (χ0v) is 16.5. The van der Waals surface area contributed by atoms with Gasteiger partial charge in [0.1, 0.15) is 10.6 Å². The topological polar surface area (TPSA) is 67.4 Å². The Morgan fingerprint density at radius 3 is 2.37 bits per heavy atom. The highest BCUT2D eigenvalue weighted by atomic mass is 35.5. The molecule has 0 fully saturated rings. The van der Waals surface area contributed by atoms with Crippen molar-refractivity contribution in [3.8, 4) is 5.75 Å². The number of hydrogen-bond donors (Lipinski definition) is 2. The van der Waals surface area contributed by atoms with Crippen LogP contribution in [0.4, 0.5) is 0 Å². The molecule has 2 N–H and O–H groups in total. The van der Waals surface area contributed by atoms with Gasteiger partial charge in [0, 0.05) is 15.6 Å². The fraction of sp³-hybridized carbons (Fsp3) is 0.200. The number of hydrogen-bond acceptors (Lipinski definition) is 4. The minimum Gasteiger partial charge on any atom is -0.493 e. The molecule has 1 heterocycles. The van der Waals surface area contributed by atoms with E-state index in [0.717, 1.165) is 10.1 Å². The van der Waals surface area contributed by atoms with Crippen LogP contribution in [0, 0.1) is 5.92 Å². The number of rotatable bonds is 5. The summed E-state index contributed by atoms with van der Waals surface area (Å²) in [6.07, 6.45) is 0. The van der Waals surface area contributed by atoms with Crippen molar-refractivity contribution < 1.29 is 14.3 Å². The van der Waals surface area contributed by atoms with Gasteiger partial charge in [-0.05, 0) is 36.2 Å². The van der Waals surface area contributed by atoms with Crippen LogP contribution in [0.2, 0.25) is 5.02 Å². The summed E-state index contributed by atoms with van der Waals surface area (Å²) in [5.41, 5.74) is 5.23. The van der Waals surface area contributed by atoms with Crippen LogP contribution in [0.25, 0.3) is 10.1 Å². The van der Waals surface area contributed by atoms with Crippen LogP contribution in [-0.2, 0) is 0 Å². The smallest absolute Gasteiger partial charge is 0.281 e. The first-order valence-electron chi connectivity index (χ1n) is 8.46. The highest BCUT2D eigenvalue weighted by molar-refractivity contribution is 7.21. The number of nitrogens with one attached hydrogen (secondary N) is 2. The molecule has 140 valence electrons. The zero-order valence-electron chi connectivity index (χ0n) is 14.9. The molecule has 0 bridgehead atoms. The largest absolute Gasteiger partial charge is 0.493 e. The van der Waals surface area contributed by atoms with Crippen molar-refractivity contribution in [2.24, 2.45) is 5.92 Å². The Bertz CT molecular complexity index is 967. The van der Waals surface area contributed by atoms with Crippen molar-refractivity contribution in [2.75, 3.05) is 6.61 Å². The van der Waals surface area contributed by atoms with Crippen molar-refractivity contribution in [3.05, 3.63) is 64.0 Å². The van der Waals surface area contributed by atoms with E-state index in [1.165, 1.54) is 11.3 Å². The van der Waals surface area contributed by atoms with Gasteiger partial charge in [-0.3, -0.25) is 20.4 Å². The van der Waals surface area contributed by atoms with E-state index in [4.69, 9.17) is 16.3 Å². The molecule has 3 aromatic rings. The molecule has 0 aliphatic carbocycles. The third-order valence-electron chi connectivity index (χ3n) is 3.73. The molecule has 2 amide bonds. The summed E-state index contributed by atoms with van der Waals surface area (Å²) >= 11 is 7.55. The summed E-state index contributed by atoms with van der Waals surface area (Å²) in [4.78, 5) is 24.9. The molecular formula is C20H19ClN2O3S. The van der Waals surface area contributed by atoms with E-state index in [-0.39, 0.29) is 0 Å². The Morgan fingerprint density at radius 2 is 1.70 bits per heavy atom. The Balaban J connectivity index is 1.61. The van der Waals surface area contributed by atoms with Gasteiger partial charge in [0.2, 0.25) is 0 Å². The Kier molecular flexibility index (Phi) is 5.98. The first-order chi connectivity index (χ1) is 13.0. The van der Waals surface area contributed by atoms with Gasteiger partial charge < -0.3 is 4.74 Å². The Labute approximate surface area is 166 Å². The van der Waals surface area contributed by atoms with E-state index in [1.807, 2.05) is 24.3 Å². The molecule has 5 nitrogen and oxygen atoms in total. The number of thiophene rings is 1. The van der Waals surface area contributed by atoms with Gasteiger partial charge in [-0.1, -0.05) is 43.6 Å². The van der Waals surface area contributed by atoms with Crippen molar-refractivity contribution in [2.45, 2.75) is 13.8 Å². The van der Waals surface area contributed by atoms with E-state index in [2.05, 4.69) is 24.7 Å². The molecule has 0 saturated heterocycles. The molecule has 3 rings (SSSR count). The lowest BCUT2D eigenvalue weighted by Crippen LogP contribution is -2.41. The predicted octanol–water partition coefficient (Wildman–Crippen LogP) is 4.66. The number of carbonyl (C=O) groups is 2. The number of amides is 2. The van der Waals surface area contributed by atoms with Crippen LogP contribution in [0.5, 0.6) is 5.75 Å². The zero-order chi connectivity index (χ0) is 19.4. The normalized spacial score (nSPS) is 10.8. The number of carbonyl (C=O) groups excluding carboxylic acids is 2. The molecule has 7 heteroatoms. The van der Waals surface area contributed by atoms with Gasteiger partial charge in [-0.25, -0.2) is 0 Å². The minimum absolute atomic E-state index is 0.357. The Morgan fingerprint density at radius 1 is 1.04 bits per heavy atom. The average Bonchev–Trinajstić information content (AvgIpc) is 3.01. The summed E-state index contributed by atoms with van der Waals surface area (Å²) in [6, 6.07) is 14.2. The molecule has 0 spiro atoms. The van der Waals surface area contributed by atoms with Gasteiger partial charge >= 0.3 is 0 Å². The number of ether oxygens (including phenoxy) is 1. The maximum atomic E-state index is 12.4. The number of fused-ring (bicyclic) bond motifs is 1. The lowest BCUT2D eigenvalue weighted by Gasteiger charge is -2.10. The van der Waals surface area contributed by atoms with Gasteiger partial charge in [-0.2, -0.15) is 0 Å². The highest BCUT2D eigenvalue weighted by Crippen LogP contribution is 2.34. The van der Waals surface area contributed by atoms with Gasteiger partial charge in [0.05, 0.1) is 11.6 Å². The summed E-state index contributed by atoms with van der Waals surface area (Å²) in [6.45, 7) is 4.73. The molecule has 27 heavy (non-hydrogen) atoms. The number of benzene rings is 2. The summed E-state index contributed by atoms with van der Waals surface area (Å²) in [5, 5.41) is 1.20. The van der Waals surface area contributed by atoms with Gasteiger partial charge in [-0.15, -0.1) is 11.3 Å². The molecule has 0 radical (unpaired) electrons. The second-order valence-corrected chi connectivity index (χ2v) is 7.81. The van der Waals surface area contributed by atoms with E-state index in [1.54, 1.807) is 24.3 Å². The maximum absolute atomic E-state index is 12.4. The average molecular weight is 403 g/mol. The maximum Gasteiger partial charge on any atom is 0.281 e. The number of hydrazine groups is 1. The molecule has 0 aliphatic heterocycles. The van der Waals surface area contributed by atoms with Gasteiger partial charge in [0.25, 0.3) is 11.8 Å². The van der Waals surface area contributed by atoms with Crippen molar-refractivity contribution in [1.29, 1.82) is 0 Å².